The smallest absolute Gasteiger partial charge is 0.326 e. The van der Waals surface area contributed by atoms with Crippen LogP contribution >= 0.6 is 11.8 Å². The average molecular weight is 529 g/mol. The van der Waals surface area contributed by atoms with Crippen molar-refractivity contribution in [3.05, 3.63) is 28.7 Å². The Bertz CT molecular complexity index is 1110. The molecule has 1 heterocycles. The molecule has 6 rings (SSSR count). The van der Waals surface area contributed by atoms with Gasteiger partial charge in [0.25, 0.3) is 17.1 Å². The summed E-state index contributed by atoms with van der Waals surface area (Å²) in [7, 11) is 1.49. The molecule has 4 bridgehead atoms. The van der Waals surface area contributed by atoms with E-state index in [4.69, 9.17) is 14.2 Å². The normalized spacial score (nSPS) is 29.1. The maximum absolute atomic E-state index is 12.8. The van der Waals surface area contributed by atoms with Crippen LogP contribution in [-0.2, 0) is 19.1 Å². The van der Waals surface area contributed by atoms with Gasteiger partial charge in [-0.25, -0.2) is 0 Å². The Morgan fingerprint density at radius 1 is 1.11 bits per heavy atom. The monoisotopic (exact) mass is 528 g/mol. The summed E-state index contributed by atoms with van der Waals surface area (Å²) >= 11 is 0.761. The minimum absolute atomic E-state index is 0.0700. The van der Waals surface area contributed by atoms with E-state index in [-0.39, 0.29) is 29.6 Å². The van der Waals surface area contributed by atoms with E-state index in [1.807, 2.05) is 0 Å². The average Bonchev–Trinajstić information content (AvgIpc) is 3.09. The highest BCUT2D eigenvalue weighted by atomic mass is 32.2. The molecular formula is C27H32N2O7S. The number of amides is 3. The molecule has 4 saturated carbocycles. The molecule has 1 aliphatic heterocycles. The van der Waals surface area contributed by atoms with Crippen LogP contribution in [0.15, 0.2) is 23.1 Å². The van der Waals surface area contributed by atoms with E-state index in [1.54, 1.807) is 31.2 Å². The molecule has 1 aromatic rings. The van der Waals surface area contributed by atoms with Crippen molar-refractivity contribution in [3.63, 3.8) is 0 Å². The fraction of sp³-hybridized carbons (Fsp3) is 0.556. The third kappa shape index (κ3) is 5.49. The van der Waals surface area contributed by atoms with Gasteiger partial charge in [-0.2, -0.15) is 0 Å². The zero-order chi connectivity index (χ0) is 26.2. The van der Waals surface area contributed by atoms with Gasteiger partial charge in [0.05, 0.1) is 18.6 Å². The summed E-state index contributed by atoms with van der Waals surface area (Å²) in [6.45, 7) is 1.30. The number of thioether (sulfide) groups is 1. The largest absolute Gasteiger partial charge is 0.493 e. The standard InChI is InChI=1S/C27H32N2O7S/c1-3-35-24(31)14-29-25(32)22(37-26(29)33)10-16-4-5-20(21(9-16)34-2)36-15-23(30)28-27-11-17-6-18(12-27)8-19(7-17)13-27/h4-5,9-10,17-19H,3,6-8,11-15H2,1-2H3,(H,28,30)/b22-10-. The molecule has 4 aliphatic carbocycles. The molecule has 1 saturated heterocycles. The summed E-state index contributed by atoms with van der Waals surface area (Å²) in [6, 6.07) is 5.06. The maximum atomic E-state index is 12.8. The molecule has 37 heavy (non-hydrogen) atoms. The van der Waals surface area contributed by atoms with Crippen LogP contribution in [0.1, 0.15) is 51.0 Å². The van der Waals surface area contributed by atoms with E-state index in [2.05, 4.69) is 5.32 Å². The number of imide groups is 1. The Kier molecular flexibility index (Phi) is 7.20. The number of carbonyl (C=O) groups is 4. The van der Waals surface area contributed by atoms with Gasteiger partial charge in [0.15, 0.2) is 18.1 Å². The highest BCUT2D eigenvalue weighted by Crippen LogP contribution is 2.55. The number of nitrogens with zero attached hydrogens (tertiary/aromatic N) is 1. The summed E-state index contributed by atoms with van der Waals surface area (Å²) < 4.78 is 16.1. The lowest BCUT2D eigenvalue weighted by atomic mass is 9.53. The molecule has 1 N–H and O–H groups in total. The predicted molar refractivity (Wildman–Crippen MR) is 137 cm³/mol. The van der Waals surface area contributed by atoms with Gasteiger partial charge in [-0.3, -0.25) is 24.1 Å². The Hall–Kier alpha value is -3.01. The van der Waals surface area contributed by atoms with Crippen molar-refractivity contribution in [2.45, 2.75) is 51.0 Å². The van der Waals surface area contributed by atoms with Crippen LogP contribution in [0.2, 0.25) is 0 Å². The third-order valence-electron chi connectivity index (χ3n) is 7.75. The molecule has 0 spiro atoms. The molecular weight excluding hydrogens is 496 g/mol. The number of ether oxygens (including phenoxy) is 3. The summed E-state index contributed by atoms with van der Waals surface area (Å²) in [6.07, 6.45) is 8.73. The van der Waals surface area contributed by atoms with E-state index in [9.17, 15) is 19.2 Å². The van der Waals surface area contributed by atoms with Gasteiger partial charge >= 0.3 is 5.97 Å². The Morgan fingerprint density at radius 3 is 2.41 bits per heavy atom. The van der Waals surface area contributed by atoms with Crippen molar-refractivity contribution < 1.29 is 33.4 Å². The minimum atomic E-state index is -0.638. The molecule has 5 aliphatic rings. The fourth-order valence-electron chi connectivity index (χ4n) is 6.76. The van der Waals surface area contributed by atoms with E-state index >= 15 is 0 Å². The number of methoxy groups -OCH3 is 1. The summed E-state index contributed by atoms with van der Waals surface area (Å²) in [5.41, 5.74) is 0.545. The van der Waals surface area contributed by atoms with E-state index in [0.29, 0.717) is 17.1 Å². The van der Waals surface area contributed by atoms with Gasteiger partial charge in [-0.05, 0) is 98.7 Å². The van der Waals surface area contributed by atoms with Crippen LogP contribution < -0.4 is 14.8 Å². The van der Waals surface area contributed by atoms with Crippen molar-refractivity contribution in [1.82, 2.24) is 10.2 Å². The summed E-state index contributed by atoms with van der Waals surface area (Å²) in [5.74, 6) is 1.73. The van der Waals surface area contributed by atoms with Gasteiger partial charge in [-0.15, -0.1) is 0 Å². The van der Waals surface area contributed by atoms with Crippen LogP contribution in [0.5, 0.6) is 11.5 Å². The molecule has 0 aromatic heterocycles. The lowest BCUT2D eigenvalue weighted by Crippen LogP contribution is -2.60. The first-order valence-corrected chi connectivity index (χ1v) is 13.6. The van der Waals surface area contributed by atoms with Gasteiger partial charge in [0, 0.05) is 5.54 Å². The van der Waals surface area contributed by atoms with Gasteiger partial charge in [0.1, 0.15) is 6.54 Å². The minimum Gasteiger partial charge on any atom is -0.493 e. The molecule has 0 radical (unpaired) electrons. The Balaban J connectivity index is 1.20. The number of hydrogen-bond acceptors (Lipinski definition) is 8. The number of carbonyl (C=O) groups excluding carboxylic acids is 4. The van der Waals surface area contributed by atoms with Gasteiger partial charge < -0.3 is 19.5 Å². The molecule has 10 heteroatoms. The van der Waals surface area contributed by atoms with Crippen molar-refractivity contribution in [3.8, 4) is 11.5 Å². The lowest BCUT2D eigenvalue weighted by Gasteiger charge is -2.56. The number of esters is 1. The molecule has 5 fully saturated rings. The first kappa shape index (κ1) is 25.6. The van der Waals surface area contributed by atoms with Crippen LogP contribution in [0.3, 0.4) is 0 Å². The third-order valence-corrected chi connectivity index (χ3v) is 8.66. The Morgan fingerprint density at radius 2 is 1.78 bits per heavy atom. The molecule has 198 valence electrons. The van der Waals surface area contributed by atoms with Crippen LogP contribution in [0.4, 0.5) is 4.79 Å². The molecule has 1 aromatic carbocycles. The second kappa shape index (κ2) is 10.4. The summed E-state index contributed by atoms with van der Waals surface area (Å²) in [5, 5.41) is 2.78. The second-order valence-electron chi connectivity index (χ2n) is 10.5. The van der Waals surface area contributed by atoms with E-state index < -0.39 is 23.7 Å². The predicted octanol–water partition coefficient (Wildman–Crippen LogP) is 3.76. The molecule has 9 nitrogen and oxygen atoms in total. The first-order valence-electron chi connectivity index (χ1n) is 12.8. The number of benzene rings is 1. The van der Waals surface area contributed by atoms with Crippen molar-refractivity contribution in [2.75, 3.05) is 26.9 Å². The molecule has 0 unspecified atom stereocenters. The second-order valence-corrected chi connectivity index (χ2v) is 11.5. The van der Waals surface area contributed by atoms with Crippen molar-refractivity contribution in [1.29, 1.82) is 0 Å². The van der Waals surface area contributed by atoms with Crippen molar-refractivity contribution in [2.24, 2.45) is 17.8 Å². The van der Waals surface area contributed by atoms with Crippen LogP contribution in [-0.4, -0.2) is 60.3 Å². The molecule has 3 amide bonds. The van der Waals surface area contributed by atoms with Crippen LogP contribution in [0, 0.1) is 17.8 Å². The number of nitrogens with one attached hydrogen (secondary N) is 1. The zero-order valence-electron chi connectivity index (χ0n) is 21.1. The topological polar surface area (TPSA) is 111 Å². The summed E-state index contributed by atoms with van der Waals surface area (Å²) in [4.78, 5) is 50.4. The number of hydrogen-bond donors (Lipinski definition) is 1. The quantitative estimate of drug-likeness (QED) is 0.381. The first-order chi connectivity index (χ1) is 17.8. The van der Waals surface area contributed by atoms with E-state index in [0.717, 1.165) is 53.7 Å². The number of rotatable bonds is 9. The maximum Gasteiger partial charge on any atom is 0.326 e. The fourth-order valence-corrected chi connectivity index (χ4v) is 7.59. The SMILES string of the molecule is CCOC(=O)CN1C(=O)S/C(=C\c2ccc(OCC(=O)NC34CC5CC(CC(C5)C3)C4)c(OC)c2)C1=O. The van der Waals surface area contributed by atoms with Gasteiger partial charge in [-0.1, -0.05) is 6.07 Å². The van der Waals surface area contributed by atoms with E-state index in [1.165, 1.54) is 26.4 Å². The van der Waals surface area contributed by atoms with Crippen molar-refractivity contribution >= 4 is 40.9 Å². The Labute approximate surface area is 220 Å². The highest BCUT2D eigenvalue weighted by Gasteiger charge is 2.51. The zero-order valence-corrected chi connectivity index (χ0v) is 21.9. The lowest BCUT2D eigenvalue weighted by molar-refractivity contribution is -0.146. The van der Waals surface area contributed by atoms with Gasteiger partial charge in [0.2, 0.25) is 0 Å². The van der Waals surface area contributed by atoms with Crippen LogP contribution in [0.25, 0.3) is 6.08 Å². The molecule has 0 atom stereocenters. The highest BCUT2D eigenvalue weighted by molar-refractivity contribution is 8.18.